The van der Waals surface area contributed by atoms with Crippen LogP contribution < -0.4 is 15.8 Å². The van der Waals surface area contributed by atoms with Crippen molar-refractivity contribution in [2.24, 2.45) is 17.6 Å². The molecule has 1 aromatic rings. The zero-order valence-corrected chi connectivity index (χ0v) is 14.0. The molecule has 0 spiro atoms. The molecule has 0 radical (unpaired) electrons. The Hall–Kier alpha value is -1.59. The first-order valence-corrected chi connectivity index (χ1v) is 8.49. The molecule has 2 fully saturated rings. The van der Waals surface area contributed by atoms with E-state index in [0.29, 0.717) is 30.2 Å². The molecule has 1 amide bonds. The van der Waals surface area contributed by atoms with Crippen molar-refractivity contribution in [2.45, 2.75) is 32.2 Å². The normalized spacial score (nSPS) is 27.5. The van der Waals surface area contributed by atoms with E-state index >= 15 is 0 Å². The second-order valence-electron chi connectivity index (χ2n) is 6.96. The molecule has 3 rings (SSSR count). The monoisotopic (exact) mass is 317 g/mol. The highest BCUT2D eigenvalue weighted by Gasteiger charge is 2.39. The number of anilines is 1. The van der Waals surface area contributed by atoms with E-state index in [9.17, 15) is 4.79 Å². The lowest BCUT2D eigenvalue weighted by molar-refractivity contribution is -0.117. The first-order valence-electron chi connectivity index (χ1n) is 8.49. The number of methoxy groups -OCH3 is 1. The average molecular weight is 317 g/mol. The lowest BCUT2D eigenvalue weighted by Crippen LogP contribution is -2.38. The third kappa shape index (κ3) is 3.67. The van der Waals surface area contributed by atoms with Gasteiger partial charge in [0.05, 0.1) is 19.3 Å². The number of benzene rings is 1. The van der Waals surface area contributed by atoms with Crippen LogP contribution in [-0.2, 0) is 4.79 Å². The van der Waals surface area contributed by atoms with E-state index in [2.05, 4.69) is 10.2 Å². The minimum atomic E-state index is 0.0149. The second kappa shape index (κ2) is 6.89. The van der Waals surface area contributed by atoms with Gasteiger partial charge < -0.3 is 15.8 Å². The standard InChI is InChI=1S/C18H27N3O2/c1-12-6-7-17(23-2)16(8-12)20-18(22)11-21-9-13-4-3-5-15(19)14(13)10-21/h6-8,13-15H,3-5,9-11,19H2,1-2H3,(H,20,22). The Morgan fingerprint density at radius 3 is 2.96 bits per heavy atom. The van der Waals surface area contributed by atoms with Crippen LogP contribution in [0.1, 0.15) is 24.8 Å². The number of carbonyl (C=O) groups is 1. The fourth-order valence-electron chi connectivity index (χ4n) is 4.05. The molecule has 1 saturated carbocycles. The van der Waals surface area contributed by atoms with Crippen LogP contribution in [0.2, 0.25) is 0 Å². The van der Waals surface area contributed by atoms with Gasteiger partial charge in [-0.25, -0.2) is 0 Å². The molecule has 23 heavy (non-hydrogen) atoms. The molecule has 3 N–H and O–H groups in total. The molecule has 5 nitrogen and oxygen atoms in total. The van der Waals surface area contributed by atoms with Gasteiger partial charge in [0.1, 0.15) is 5.75 Å². The number of hydrogen-bond acceptors (Lipinski definition) is 4. The fourth-order valence-corrected chi connectivity index (χ4v) is 4.05. The molecule has 1 aliphatic carbocycles. The highest BCUT2D eigenvalue weighted by Crippen LogP contribution is 2.35. The molecule has 1 saturated heterocycles. The van der Waals surface area contributed by atoms with E-state index in [1.807, 2.05) is 25.1 Å². The molecule has 3 unspecified atom stereocenters. The first-order chi connectivity index (χ1) is 11.1. The summed E-state index contributed by atoms with van der Waals surface area (Å²) in [6.45, 7) is 4.37. The van der Waals surface area contributed by atoms with Gasteiger partial charge in [-0.05, 0) is 49.3 Å². The molecule has 1 aromatic carbocycles. The number of hydrogen-bond donors (Lipinski definition) is 2. The largest absolute Gasteiger partial charge is 0.495 e. The van der Waals surface area contributed by atoms with E-state index in [-0.39, 0.29) is 5.91 Å². The van der Waals surface area contributed by atoms with Gasteiger partial charge in [-0.3, -0.25) is 9.69 Å². The lowest BCUT2D eigenvalue weighted by atomic mass is 9.78. The quantitative estimate of drug-likeness (QED) is 0.891. The van der Waals surface area contributed by atoms with Gasteiger partial charge in [0.2, 0.25) is 5.91 Å². The Bertz CT molecular complexity index is 575. The van der Waals surface area contributed by atoms with Crippen molar-refractivity contribution in [3.05, 3.63) is 23.8 Å². The number of nitrogens with one attached hydrogen (secondary N) is 1. The Morgan fingerprint density at radius 2 is 2.22 bits per heavy atom. The van der Waals surface area contributed by atoms with Crippen molar-refractivity contribution in [1.82, 2.24) is 4.90 Å². The van der Waals surface area contributed by atoms with Crippen LogP contribution in [0.3, 0.4) is 0 Å². The third-order valence-electron chi connectivity index (χ3n) is 5.23. The van der Waals surface area contributed by atoms with Crippen molar-refractivity contribution in [3.8, 4) is 5.75 Å². The molecule has 1 aliphatic heterocycles. The van der Waals surface area contributed by atoms with Crippen molar-refractivity contribution < 1.29 is 9.53 Å². The maximum atomic E-state index is 12.4. The van der Waals surface area contributed by atoms with Crippen molar-refractivity contribution in [2.75, 3.05) is 32.1 Å². The number of ether oxygens (including phenoxy) is 1. The highest BCUT2D eigenvalue weighted by atomic mass is 16.5. The van der Waals surface area contributed by atoms with Crippen LogP contribution >= 0.6 is 0 Å². The SMILES string of the molecule is COc1ccc(C)cc1NC(=O)CN1CC2CCCC(N)C2C1. The molecular formula is C18H27N3O2. The number of fused-ring (bicyclic) bond motifs is 1. The number of likely N-dealkylation sites (tertiary alicyclic amines) is 1. The lowest BCUT2D eigenvalue weighted by Gasteiger charge is -2.29. The summed E-state index contributed by atoms with van der Waals surface area (Å²) in [5, 5.41) is 2.98. The highest BCUT2D eigenvalue weighted by molar-refractivity contribution is 5.93. The van der Waals surface area contributed by atoms with Gasteiger partial charge in [0, 0.05) is 19.1 Å². The number of nitrogens with two attached hydrogens (primary N) is 1. The van der Waals surface area contributed by atoms with Crippen LogP contribution in [0.25, 0.3) is 0 Å². The van der Waals surface area contributed by atoms with Crippen molar-refractivity contribution in [3.63, 3.8) is 0 Å². The second-order valence-corrected chi connectivity index (χ2v) is 6.96. The predicted molar refractivity (Wildman–Crippen MR) is 91.6 cm³/mol. The number of rotatable bonds is 4. The first kappa shape index (κ1) is 16.3. The zero-order valence-electron chi connectivity index (χ0n) is 14.0. The summed E-state index contributed by atoms with van der Waals surface area (Å²) in [4.78, 5) is 14.6. The van der Waals surface area contributed by atoms with Crippen LogP contribution in [0.15, 0.2) is 18.2 Å². The van der Waals surface area contributed by atoms with Crippen molar-refractivity contribution >= 4 is 11.6 Å². The van der Waals surface area contributed by atoms with Crippen LogP contribution in [0.5, 0.6) is 5.75 Å². The molecule has 126 valence electrons. The van der Waals surface area contributed by atoms with E-state index in [1.165, 1.54) is 12.8 Å². The molecule has 0 bridgehead atoms. The molecule has 3 atom stereocenters. The van der Waals surface area contributed by atoms with Crippen molar-refractivity contribution in [1.29, 1.82) is 0 Å². The number of carbonyl (C=O) groups excluding carboxylic acids is 1. The Balaban J connectivity index is 1.59. The average Bonchev–Trinajstić information content (AvgIpc) is 2.91. The summed E-state index contributed by atoms with van der Waals surface area (Å²) in [6.07, 6.45) is 3.60. The number of nitrogens with zero attached hydrogens (tertiary/aromatic N) is 1. The summed E-state index contributed by atoms with van der Waals surface area (Å²) in [7, 11) is 1.62. The Morgan fingerprint density at radius 1 is 1.39 bits per heavy atom. The zero-order chi connectivity index (χ0) is 16.4. The van der Waals surface area contributed by atoms with Crippen LogP contribution in [0.4, 0.5) is 5.69 Å². The molecule has 5 heteroatoms. The van der Waals surface area contributed by atoms with E-state index < -0.39 is 0 Å². The van der Waals surface area contributed by atoms with Gasteiger partial charge in [-0.2, -0.15) is 0 Å². The minimum Gasteiger partial charge on any atom is -0.495 e. The predicted octanol–water partition coefficient (Wildman–Crippen LogP) is 2.00. The maximum absolute atomic E-state index is 12.4. The summed E-state index contributed by atoms with van der Waals surface area (Å²) >= 11 is 0. The number of amides is 1. The summed E-state index contributed by atoms with van der Waals surface area (Å²) in [6, 6.07) is 6.10. The van der Waals surface area contributed by atoms with Gasteiger partial charge in [-0.1, -0.05) is 12.5 Å². The van der Waals surface area contributed by atoms with Gasteiger partial charge in [0.25, 0.3) is 0 Å². The van der Waals surface area contributed by atoms with E-state index in [4.69, 9.17) is 10.5 Å². The maximum Gasteiger partial charge on any atom is 0.238 e. The van der Waals surface area contributed by atoms with Gasteiger partial charge in [-0.15, -0.1) is 0 Å². The topological polar surface area (TPSA) is 67.6 Å². The van der Waals surface area contributed by atoms with Crippen LogP contribution in [0, 0.1) is 18.8 Å². The summed E-state index contributed by atoms with van der Waals surface area (Å²) in [5.74, 6) is 1.94. The fraction of sp³-hybridized carbons (Fsp3) is 0.611. The van der Waals surface area contributed by atoms with E-state index in [1.54, 1.807) is 7.11 Å². The van der Waals surface area contributed by atoms with Gasteiger partial charge in [0.15, 0.2) is 0 Å². The minimum absolute atomic E-state index is 0.0149. The summed E-state index contributed by atoms with van der Waals surface area (Å²) < 4.78 is 5.32. The molecular weight excluding hydrogens is 290 g/mol. The third-order valence-corrected chi connectivity index (χ3v) is 5.23. The van der Waals surface area contributed by atoms with Gasteiger partial charge >= 0.3 is 0 Å². The smallest absolute Gasteiger partial charge is 0.238 e. The molecule has 2 aliphatic rings. The Kier molecular flexibility index (Phi) is 4.87. The molecule has 0 aromatic heterocycles. The Labute approximate surface area is 138 Å². The van der Waals surface area contributed by atoms with E-state index in [0.717, 1.165) is 30.8 Å². The summed E-state index contributed by atoms with van der Waals surface area (Å²) in [5.41, 5.74) is 8.09. The number of aryl methyl sites for hydroxylation is 1. The van der Waals surface area contributed by atoms with Crippen LogP contribution in [-0.4, -0.2) is 43.6 Å². The molecule has 1 heterocycles.